The van der Waals surface area contributed by atoms with Crippen molar-refractivity contribution in [2.75, 3.05) is 26.0 Å². The molecule has 10 nitrogen and oxygen atoms in total. The molecular formula is C27H24F4N6O4. The van der Waals surface area contributed by atoms with E-state index in [1.807, 2.05) is 0 Å². The summed E-state index contributed by atoms with van der Waals surface area (Å²) in [7, 11) is 2.71. The number of nitrogens with two attached hydrogens (primary N) is 1. The number of fused-ring (bicyclic) bond motifs is 1. The fourth-order valence-corrected chi connectivity index (χ4v) is 4.20. The monoisotopic (exact) mass is 572 g/mol. The van der Waals surface area contributed by atoms with Gasteiger partial charge < -0.3 is 30.8 Å². The van der Waals surface area contributed by atoms with Crippen molar-refractivity contribution >= 4 is 28.7 Å². The number of amides is 2. The topological polar surface area (TPSA) is 144 Å². The van der Waals surface area contributed by atoms with Crippen LogP contribution in [0.15, 0.2) is 47.0 Å². The van der Waals surface area contributed by atoms with Crippen LogP contribution in [-0.4, -0.2) is 54.3 Å². The van der Waals surface area contributed by atoms with E-state index in [4.69, 9.17) is 14.9 Å². The number of aromatic nitrogens is 2. The summed E-state index contributed by atoms with van der Waals surface area (Å²) in [6.45, 7) is -1.43. The van der Waals surface area contributed by atoms with Crippen LogP contribution in [0.3, 0.4) is 0 Å². The molecule has 0 spiro atoms. The number of hydrogen-bond acceptors (Lipinski definition) is 8. The summed E-state index contributed by atoms with van der Waals surface area (Å²) in [4.78, 5) is 34.4. The minimum atomic E-state index is -4.59. The average Bonchev–Trinajstić information content (AvgIpc) is 3.55. The zero-order chi connectivity index (χ0) is 29.5. The average molecular weight is 573 g/mol. The molecule has 1 aliphatic rings. The number of methoxy groups -OCH3 is 1. The molecule has 0 aliphatic heterocycles. The molecule has 0 saturated heterocycles. The maximum atomic E-state index is 13.6. The minimum Gasteiger partial charge on any atom is -0.480 e. The molecule has 1 aliphatic carbocycles. The Morgan fingerprint density at radius 3 is 2.44 bits per heavy atom. The fraction of sp³-hybridized carbons (Fsp3) is 0.259. The van der Waals surface area contributed by atoms with E-state index < -0.39 is 36.0 Å². The van der Waals surface area contributed by atoms with Crippen molar-refractivity contribution in [2.24, 2.45) is 5.73 Å². The largest absolute Gasteiger partial charge is 0.480 e. The van der Waals surface area contributed by atoms with Crippen LogP contribution in [0, 0.1) is 5.82 Å². The Kier molecular flexibility index (Phi) is 7.03. The molecule has 5 N–H and O–H groups in total. The number of benzene rings is 1. The summed E-state index contributed by atoms with van der Waals surface area (Å²) < 4.78 is 64.3. The smallest absolute Gasteiger partial charge is 0.405 e. The quantitative estimate of drug-likeness (QED) is 0.182. The van der Waals surface area contributed by atoms with E-state index in [9.17, 15) is 27.2 Å². The third-order valence-electron chi connectivity index (χ3n) is 6.45. The molecule has 214 valence electrons. The molecule has 1 saturated carbocycles. The lowest BCUT2D eigenvalue weighted by Gasteiger charge is -2.16. The Morgan fingerprint density at radius 1 is 1.12 bits per heavy atom. The molecule has 0 atom stereocenters. The van der Waals surface area contributed by atoms with Gasteiger partial charge in [0.05, 0.1) is 23.7 Å². The number of carbonyl (C=O) groups excluding carboxylic acids is 2. The molecule has 14 heteroatoms. The number of nitrogens with zero attached hydrogens (tertiary/aromatic N) is 2. The van der Waals surface area contributed by atoms with Crippen LogP contribution in [0.25, 0.3) is 33.6 Å². The summed E-state index contributed by atoms with van der Waals surface area (Å²) >= 11 is 0. The lowest BCUT2D eigenvalue weighted by atomic mass is 10.0. The van der Waals surface area contributed by atoms with Crippen LogP contribution < -0.4 is 26.4 Å². The highest BCUT2D eigenvalue weighted by Gasteiger charge is 2.40. The second-order valence-corrected chi connectivity index (χ2v) is 9.49. The van der Waals surface area contributed by atoms with Gasteiger partial charge >= 0.3 is 6.18 Å². The van der Waals surface area contributed by atoms with E-state index in [-0.39, 0.29) is 50.8 Å². The first kappa shape index (κ1) is 27.8. The number of furan rings is 1. The van der Waals surface area contributed by atoms with Gasteiger partial charge in [-0.15, -0.1) is 0 Å². The zero-order valence-electron chi connectivity index (χ0n) is 21.8. The predicted octanol–water partition coefficient (Wildman–Crippen LogP) is 4.22. The van der Waals surface area contributed by atoms with Crippen LogP contribution in [-0.2, 0) is 0 Å². The fourth-order valence-electron chi connectivity index (χ4n) is 4.20. The van der Waals surface area contributed by atoms with E-state index in [1.54, 1.807) is 0 Å². The number of rotatable bonds is 8. The molecule has 0 unspecified atom stereocenters. The highest BCUT2D eigenvalue weighted by atomic mass is 19.4. The van der Waals surface area contributed by atoms with Gasteiger partial charge in [0.2, 0.25) is 11.6 Å². The molecule has 2 amide bonds. The summed E-state index contributed by atoms with van der Waals surface area (Å²) in [5.74, 6) is -1.90. The summed E-state index contributed by atoms with van der Waals surface area (Å²) in [6, 6.07) is 7.94. The summed E-state index contributed by atoms with van der Waals surface area (Å²) in [6.07, 6.45) is -2.13. The third kappa shape index (κ3) is 5.77. The van der Waals surface area contributed by atoms with Crippen molar-refractivity contribution in [1.82, 2.24) is 20.6 Å². The highest BCUT2D eigenvalue weighted by Crippen LogP contribution is 2.39. The van der Waals surface area contributed by atoms with Crippen LogP contribution >= 0.6 is 0 Å². The Morgan fingerprint density at radius 2 is 1.83 bits per heavy atom. The molecule has 1 aromatic carbocycles. The van der Waals surface area contributed by atoms with Crippen molar-refractivity contribution in [3.63, 3.8) is 0 Å². The molecule has 0 bridgehead atoms. The molecule has 5 rings (SSSR count). The van der Waals surface area contributed by atoms with E-state index in [0.717, 1.165) is 0 Å². The van der Waals surface area contributed by atoms with E-state index in [2.05, 4.69) is 25.9 Å². The van der Waals surface area contributed by atoms with E-state index in [1.165, 1.54) is 56.8 Å². The molecule has 4 aromatic rings. The Hall–Kier alpha value is -4.72. The second-order valence-electron chi connectivity index (χ2n) is 9.49. The number of ether oxygens (including phenoxy) is 1. The normalized spacial score (nSPS) is 14.0. The van der Waals surface area contributed by atoms with Gasteiger partial charge in [-0.05, 0) is 49.2 Å². The molecule has 1 fully saturated rings. The van der Waals surface area contributed by atoms with Crippen molar-refractivity contribution in [1.29, 1.82) is 0 Å². The first-order valence-corrected chi connectivity index (χ1v) is 12.3. The number of hydrogen-bond donors (Lipinski definition) is 4. The molecular weight excluding hydrogens is 548 g/mol. The van der Waals surface area contributed by atoms with Gasteiger partial charge in [-0.3, -0.25) is 9.59 Å². The van der Waals surface area contributed by atoms with Crippen molar-refractivity contribution in [3.8, 4) is 28.3 Å². The van der Waals surface area contributed by atoms with Gasteiger partial charge in [-0.2, -0.15) is 18.2 Å². The van der Waals surface area contributed by atoms with Crippen LogP contribution in [0.5, 0.6) is 5.88 Å². The first-order chi connectivity index (χ1) is 19.4. The number of pyridine rings is 2. The Labute approximate surface area is 230 Å². The highest BCUT2D eigenvalue weighted by molar-refractivity contribution is 6.11. The first-order valence-electron chi connectivity index (χ1n) is 12.3. The molecule has 3 aromatic heterocycles. The maximum Gasteiger partial charge on any atom is 0.405 e. The van der Waals surface area contributed by atoms with Crippen LogP contribution in [0.1, 0.15) is 33.6 Å². The summed E-state index contributed by atoms with van der Waals surface area (Å²) in [5.41, 5.74) is 5.68. The maximum absolute atomic E-state index is 13.6. The second kappa shape index (κ2) is 10.4. The molecule has 41 heavy (non-hydrogen) atoms. The van der Waals surface area contributed by atoms with Gasteiger partial charge in [-0.1, -0.05) is 0 Å². The minimum absolute atomic E-state index is 0.00527. The standard InChI is InChI=1S/C27H24F4N6O4/c1-33-23(39)19-17-10-16(14-9-18(24(40-2)34-11-14)22(38)37-26(32)7-8-26)21(35-12-27(29,30)31)36-25(17)41-20(19)13-3-5-15(28)6-4-13/h3-6,9-11H,7-8,12,32H2,1-2H3,(H,33,39)(H,35,36)(H,37,38). The number of alkyl halides is 3. The summed E-state index contributed by atoms with van der Waals surface area (Å²) in [5, 5.41) is 7.62. The lowest BCUT2D eigenvalue weighted by molar-refractivity contribution is -0.115. The molecule has 3 heterocycles. The van der Waals surface area contributed by atoms with Gasteiger partial charge in [0.25, 0.3) is 11.8 Å². The predicted molar refractivity (Wildman–Crippen MR) is 141 cm³/mol. The van der Waals surface area contributed by atoms with Crippen molar-refractivity contribution < 1.29 is 36.3 Å². The van der Waals surface area contributed by atoms with Crippen LogP contribution in [0.2, 0.25) is 0 Å². The van der Waals surface area contributed by atoms with E-state index >= 15 is 0 Å². The lowest BCUT2D eigenvalue weighted by Crippen LogP contribution is -2.44. The van der Waals surface area contributed by atoms with Gasteiger partial charge in [0.1, 0.15) is 29.5 Å². The van der Waals surface area contributed by atoms with Crippen molar-refractivity contribution in [2.45, 2.75) is 24.7 Å². The number of nitrogens with one attached hydrogen (secondary N) is 3. The Bertz CT molecular complexity index is 1650. The zero-order valence-corrected chi connectivity index (χ0v) is 21.8. The van der Waals surface area contributed by atoms with Crippen LogP contribution in [0.4, 0.5) is 23.4 Å². The SMILES string of the molecule is CNC(=O)c1c(-c2ccc(F)cc2)oc2nc(NCC(F)(F)F)c(-c3cnc(OC)c(C(=O)NC4(N)CC4)c3)cc12. The van der Waals surface area contributed by atoms with E-state index in [0.29, 0.717) is 18.4 Å². The Balaban J connectivity index is 1.71. The van der Waals surface area contributed by atoms with Crippen molar-refractivity contribution in [3.05, 3.63) is 59.5 Å². The van der Waals surface area contributed by atoms with Gasteiger partial charge in [0, 0.05) is 29.9 Å². The van der Waals surface area contributed by atoms with Gasteiger partial charge in [-0.25, -0.2) is 9.37 Å². The number of halogens is 4. The number of carbonyl (C=O) groups is 2. The third-order valence-corrected chi connectivity index (χ3v) is 6.45. The molecule has 0 radical (unpaired) electrons. The van der Waals surface area contributed by atoms with Gasteiger partial charge in [0.15, 0.2) is 0 Å². The number of anilines is 1.